The van der Waals surface area contributed by atoms with Gasteiger partial charge in [0.1, 0.15) is 11.8 Å². The number of H-pyrrole nitrogens is 1. The van der Waals surface area contributed by atoms with Crippen molar-refractivity contribution in [3.05, 3.63) is 118 Å². The lowest BCUT2D eigenvalue weighted by Gasteiger charge is -2.42. The quantitative estimate of drug-likeness (QED) is 0.274. The molecule has 0 spiro atoms. The summed E-state index contributed by atoms with van der Waals surface area (Å²) < 4.78 is 7.49. The largest absolute Gasteiger partial charge is 0.497 e. The van der Waals surface area contributed by atoms with Crippen LogP contribution in [-0.2, 0) is 0 Å². The second-order valence-corrected chi connectivity index (χ2v) is 11.6. The highest BCUT2D eigenvalue weighted by Gasteiger charge is 2.36. The van der Waals surface area contributed by atoms with Crippen molar-refractivity contribution in [2.75, 3.05) is 33.3 Å². The Morgan fingerprint density at radius 2 is 1.44 bits per heavy atom. The Morgan fingerprint density at radius 1 is 0.814 bits per heavy atom. The Balaban J connectivity index is 1.25. The van der Waals surface area contributed by atoms with E-state index in [1.807, 2.05) is 28.9 Å². The van der Waals surface area contributed by atoms with Gasteiger partial charge >= 0.3 is 0 Å². The Hall–Kier alpha value is -4.34. The summed E-state index contributed by atoms with van der Waals surface area (Å²) >= 11 is 0. The molecule has 9 nitrogen and oxygen atoms in total. The van der Waals surface area contributed by atoms with Gasteiger partial charge in [0.05, 0.1) is 19.2 Å². The van der Waals surface area contributed by atoms with Crippen LogP contribution in [0.15, 0.2) is 89.7 Å². The molecule has 9 heteroatoms. The topological polar surface area (TPSA) is 92.2 Å². The average Bonchev–Trinajstić information content (AvgIpc) is 3.76. The van der Waals surface area contributed by atoms with Crippen molar-refractivity contribution >= 4 is 10.9 Å². The Labute approximate surface area is 251 Å². The van der Waals surface area contributed by atoms with Crippen molar-refractivity contribution < 1.29 is 4.74 Å². The highest BCUT2D eigenvalue weighted by molar-refractivity contribution is 5.80. The van der Waals surface area contributed by atoms with E-state index in [4.69, 9.17) is 4.74 Å². The van der Waals surface area contributed by atoms with Gasteiger partial charge in [0, 0.05) is 42.6 Å². The van der Waals surface area contributed by atoms with Crippen molar-refractivity contribution in [3.8, 4) is 5.75 Å². The molecule has 43 heavy (non-hydrogen) atoms. The molecule has 2 aromatic heterocycles. The number of fused-ring (bicyclic) bond motifs is 1. The lowest BCUT2D eigenvalue weighted by molar-refractivity contribution is 0.0850. The maximum atomic E-state index is 13.7. The fourth-order valence-corrected chi connectivity index (χ4v) is 6.96. The summed E-state index contributed by atoms with van der Waals surface area (Å²) in [6.07, 6.45) is 4.45. The zero-order chi connectivity index (χ0) is 29.2. The monoisotopic (exact) mass is 575 g/mol. The highest BCUT2D eigenvalue weighted by atomic mass is 16.5. The standard InChI is InChI=1S/C34H37N7O2/c1-43-28-16-17-30-26(22-28)23-29(34(42)35-30)32(33-36-37-38-41(33)27-14-8-9-15-27)40-20-18-39(19-21-40)31(24-10-4-2-5-11-24)25-12-6-3-7-13-25/h2-7,10-13,16-17,22-23,27,31-32H,8-9,14-15,18-21H2,1H3,(H,35,42). The van der Waals surface area contributed by atoms with Crippen LogP contribution in [0.2, 0.25) is 0 Å². The molecule has 2 fully saturated rings. The maximum Gasteiger partial charge on any atom is 0.253 e. The lowest BCUT2D eigenvalue weighted by atomic mass is 9.96. The van der Waals surface area contributed by atoms with E-state index in [1.54, 1.807) is 7.11 Å². The molecule has 1 aliphatic heterocycles. The number of methoxy groups -OCH3 is 1. The fraction of sp³-hybridized carbons (Fsp3) is 0.353. The minimum atomic E-state index is -0.371. The number of hydrogen-bond acceptors (Lipinski definition) is 7. The van der Waals surface area contributed by atoms with Crippen LogP contribution in [-0.4, -0.2) is 68.3 Å². The number of ether oxygens (including phenoxy) is 1. The maximum absolute atomic E-state index is 13.7. The molecule has 2 aliphatic rings. The van der Waals surface area contributed by atoms with Crippen LogP contribution in [0.3, 0.4) is 0 Å². The van der Waals surface area contributed by atoms with E-state index >= 15 is 0 Å². The summed E-state index contributed by atoms with van der Waals surface area (Å²) in [5.74, 6) is 1.50. The molecular weight excluding hydrogens is 538 g/mol. The first-order chi connectivity index (χ1) is 21.2. The van der Waals surface area contributed by atoms with Gasteiger partial charge in [0.25, 0.3) is 5.56 Å². The molecule has 0 amide bonds. The molecule has 3 heterocycles. The molecule has 1 unspecified atom stereocenters. The molecule has 1 N–H and O–H groups in total. The second-order valence-electron chi connectivity index (χ2n) is 11.6. The number of aromatic nitrogens is 5. The predicted molar refractivity (Wildman–Crippen MR) is 166 cm³/mol. The van der Waals surface area contributed by atoms with Gasteiger partial charge in [-0.3, -0.25) is 14.6 Å². The highest BCUT2D eigenvalue weighted by Crippen LogP contribution is 2.36. The summed E-state index contributed by atoms with van der Waals surface area (Å²) in [7, 11) is 1.66. The van der Waals surface area contributed by atoms with Gasteiger partial charge in [0.15, 0.2) is 5.82 Å². The molecule has 7 rings (SSSR count). The van der Waals surface area contributed by atoms with Crippen molar-refractivity contribution in [2.24, 2.45) is 0 Å². The first kappa shape index (κ1) is 27.5. The third-order valence-electron chi connectivity index (χ3n) is 9.12. The van der Waals surface area contributed by atoms with Crippen molar-refractivity contribution in [3.63, 3.8) is 0 Å². The summed E-state index contributed by atoms with van der Waals surface area (Å²) in [6, 6.07) is 29.2. The number of tetrazole rings is 1. The summed E-state index contributed by atoms with van der Waals surface area (Å²) in [6.45, 7) is 3.23. The smallest absolute Gasteiger partial charge is 0.253 e. The number of aromatic amines is 1. The van der Waals surface area contributed by atoms with E-state index < -0.39 is 0 Å². The van der Waals surface area contributed by atoms with Gasteiger partial charge in [-0.05, 0) is 58.7 Å². The number of pyridine rings is 1. The molecule has 220 valence electrons. The van der Waals surface area contributed by atoms with Crippen molar-refractivity contribution in [1.82, 2.24) is 35.0 Å². The van der Waals surface area contributed by atoms with E-state index in [1.165, 1.54) is 24.0 Å². The SMILES string of the molecule is COc1ccc2[nH]c(=O)c(C(c3nnnn3C3CCCC3)N3CCN(C(c4ccccc4)c4ccccc4)CC3)cc2c1. The van der Waals surface area contributed by atoms with Crippen LogP contribution in [0, 0.1) is 0 Å². The molecule has 5 aromatic rings. The van der Waals surface area contributed by atoms with E-state index in [9.17, 15) is 4.79 Å². The molecule has 1 atom stereocenters. The minimum absolute atomic E-state index is 0.113. The molecule has 0 radical (unpaired) electrons. The van der Waals surface area contributed by atoms with Crippen LogP contribution < -0.4 is 10.3 Å². The normalized spacial score (nSPS) is 17.5. The predicted octanol–water partition coefficient (Wildman–Crippen LogP) is 5.13. The van der Waals surface area contributed by atoms with Gasteiger partial charge in [-0.25, -0.2) is 4.68 Å². The Morgan fingerprint density at radius 3 is 2.07 bits per heavy atom. The van der Waals surface area contributed by atoms with Gasteiger partial charge in [-0.15, -0.1) is 5.10 Å². The van der Waals surface area contributed by atoms with E-state index in [0.29, 0.717) is 5.56 Å². The number of hydrogen-bond donors (Lipinski definition) is 1. The van der Waals surface area contributed by atoms with Gasteiger partial charge < -0.3 is 9.72 Å². The van der Waals surface area contributed by atoms with Crippen LogP contribution in [0.5, 0.6) is 5.75 Å². The van der Waals surface area contributed by atoms with Crippen LogP contribution in [0.1, 0.15) is 66.3 Å². The Kier molecular flexibility index (Phi) is 7.74. The number of nitrogens with one attached hydrogen (secondary N) is 1. The zero-order valence-electron chi connectivity index (χ0n) is 24.5. The van der Waals surface area contributed by atoms with E-state index in [2.05, 4.69) is 91.0 Å². The molecule has 3 aromatic carbocycles. The Bertz CT molecular complexity index is 1680. The number of piperazine rings is 1. The number of nitrogens with zero attached hydrogens (tertiary/aromatic N) is 6. The van der Waals surface area contributed by atoms with E-state index in [-0.39, 0.29) is 23.7 Å². The summed E-state index contributed by atoms with van der Waals surface area (Å²) in [5, 5.41) is 14.1. The third kappa shape index (κ3) is 5.46. The van der Waals surface area contributed by atoms with Gasteiger partial charge in [-0.2, -0.15) is 0 Å². The van der Waals surface area contributed by atoms with Gasteiger partial charge in [-0.1, -0.05) is 73.5 Å². The van der Waals surface area contributed by atoms with Crippen LogP contribution in [0.25, 0.3) is 10.9 Å². The molecule has 0 bridgehead atoms. The van der Waals surface area contributed by atoms with Crippen molar-refractivity contribution in [2.45, 2.75) is 43.8 Å². The first-order valence-electron chi connectivity index (χ1n) is 15.3. The third-order valence-corrected chi connectivity index (χ3v) is 9.12. The summed E-state index contributed by atoms with van der Waals surface area (Å²) in [4.78, 5) is 21.8. The minimum Gasteiger partial charge on any atom is -0.497 e. The van der Waals surface area contributed by atoms with E-state index in [0.717, 1.165) is 61.5 Å². The van der Waals surface area contributed by atoms with Crippen LogP contribution >= 0.6 is 0 Å². The molecule has 1 aliphatic carbocycles. The first-order valence-corrected chi connectivity index (χ1v) is 15.3. The fourth-order valence-electron chi connectivity index (χ4n) is 6.96. The number of rotatable bonds is 8. The number of benzene rings is 3. The molecule has 1 saturated heterocycles. The van der Waals surface area contributed by atoms with Crippen molar-refractivity contribution in [1.29, 1.82) is 0 Å². The lowest BCUT2D eigenvalue weighted by Crippen LogP contribution is -2.50. The molecular formula is C34H37N7O2. The second kappa shape index (κ2) is 12.1. The van der Waals surface area contributed by atoms with Gasteiger partial charge in [0.2, 0.25) is 0 Å². The molecule has 1 saturated carbocycles. The average molecular weight is 576 g/mol. The van der Waals surface area contributed by atoms with Crippen LogP contribution in [0.4, 0.5) is 0 Å². The summed E-state index contributed by atoms with van der Waals surface area (Å²) in [5.41, 5.74) is 3.89. The zero-order valence-corrected chi connectivity index (χ0v) is 24.5.